The summed E-state index contributed by atoms with van der Waals surface area (Å²) >= 11 is 11.3. The smallest absolute Gasteiger partial charge is 0.392 e. The summed E-state index contributed by atoms with van der Waals surface area (Å²) in [7, 11) is 0. The molecule has 0 heterocycles. The molecule has 1 rings (SSSR count). The van der Waals surface area contributed by atoms with Crippen molar-refractivity contribution in [1.29, 1.82) is 0 Å². The molecule has 0 saturated heterocycles. The van der Waals surface area contributed by atoms with E-state index < -0.39 is 11.7 Å². The van der Waals surface area contributed by atoms with Gasteiger partial charge in [0.25, 0.3) is 0 Å². The van der Waals surface area contributed by atoms with Crippen LogP contribution < -0.4 is 0 Å². The van der Waals surface area contributed by atoms with E-state index in [-0.39, 0.29) is 27.8 Å². The van der Waals surface area contributed by atoms with E-state index in [9.17, 15) is 13.2 Å². The Labute approximate surface area is 106 Å². The zero-order valence-corrected chi connectivity index (χ0v) is 10.3. The molecule has 0 atom stereocenters. The highest BCUT2D eigenvalue weighted by molar-refractivity contribution is 6.49. The number of hydrogen-bond donors (Lipinski definition) is 1. The van der Waals surface area contributed by atoms with E-state index in [0.29, 0.717) is 0 Å². The average molecular weight is 285 g/mol. The Morgan fingerprint density at radius 1 is 1.41 bits per heavy atom. The molecule has 1 aromatic carbocycles. The molecule has 1 aromatic rings. The fourth-order valence-corrected chi connectivity index (χ4v) is 2.06. The molecule has 6 heteroatoms. The van der Waals surface area contributed by atoms with Crippen molar-refractivity contribution >= 4 is 28.2 Å². The number of hydrogen-bond acceptors (Lipinski definition) is 1. The largest absolute Gasteiger partial charge is 0.418 e. The van der Waals surface area contributed by atoms with Crippen molar-refractivity contribution in [3.05, 3.63) is 39.9 Å². The summed E-state index contributed by atoms with van der Waals surface area (Å²) in [6.45, 7) is 0.944. The van der Waals surface area contributed by atoms with Gasteiger partial charge in [-0.25, -0.2) is 0 Å². The fraction of sp³-hybridized carbons (Fsp3) is 0.273. The summed E-state index contributed by atoms with van der Waals surface area (Å²) in [4.78, 5) is 0. The molecule has 0 aliphatic carbocycles. The minimum Gasteiger partial charge on any atom is -0.392 e. The van der Waals surface area contributed by atoms with Gasteiger partial charge >= 0.3 is 6.18 Å². The molecule has 0 radical (unpaired) electrons. The first kappa shape index (κ1) is 14.4. The van der Waals surface area contributed by atoms with Crippen LogP contribution in [-0.2, 0) is 6.18 Å². The van der Waals surface area contributed by atoms with E-state index in [4.69, 9.17) is 28.3 Å². The van der Waals surface area contributed by atoms with Crippen molar-refractivity contribution in [2.75, 3.05) is 6.61 Å². The first-order valence-corrected chi connectivity index (χ1v) is 5.37. The lowest BCUT2D eigenvalue weighted by molar-refractivity contribution is -0.137. The monoisotopic (exact) mass is 284 g/mol. The molecule has 0 aliphatic heterocycles. The Kier molecular flexibility index (Phi) is 4.47. The second-order valence-corrected chi connectivity index (χ2v) is 4.14. The van der Waals surface area contributed by atoms with E-state index in [0.717, 1.165) is 6.07 Å². The Bertz CT molecular complexity index is 453. The fourth-order valence-electron chi connectivity index (χ4n) is 1.48. The molecule has 1 nitrogen and oxygen atoms in total. The van der Waals surface area contributed by atoms with Crippen LogP contribution in [0.4, 0.5) is 13.2 Å². The summed E-state index contributed by atoms with van der Waals surface area (Å²) < 4.78 is 38.2. The van der Waals surface area contributed by atoms with Gasteiger partial charge in [-0.15, -0.1) is 0 Å². The molecule has 1 N–H and O–H groups in total. The minimum absolute atomic E-state index is 0.0558. The molecule has 0 amide bonds. The summed E-state index contributed by atoms with van der Waals surface area (Å²) in [6.07, 6.45) is -3.31. The third kappa shape index (κ3) is 3.15. The Morgan fingerprint density at radius 2 is 2.00 bits per heavy atom. The van der Waals surface area contributed by atoms with Crippen molar-refractivity contribution < 1.29 is 18.3 Å². The van der Waals surface area contributed by atoms with Crippen LogP contribution in [0.3, 0.4) is 0 Å². The van der Waals surface area contributed by atoms with Crippen LogP contribution in [0.15, 0.2) is 18.2 Å². The van der Waals surface area contributed by atoms with Gasteiger partial charge in [0.1, 0.15) is 0 Å². The number of alkyl halides is 3. The van der Waals surface area contributed by atoms with E-state index in [1.807, 2.05) is 0 Å². The summed E-state index contributed by atoms with van der Waals surface area (Å²) in [5.41, 5.74) is -0.752. The van der Waals surface area contributed by atoms with Gasteiger partial charge in [0.2, 0.25) is 0 Å². The van der Waals surface area contributed by atoms with Gasteiger partial charge in [0.15, 0.2) is 0 Å². The SMILES string of the molecule is Cc1c(/C(Cl)=C\CO)ccc(Cl)c1C(F)(F)F. The molecule has 0 aliphatic rings. The Balaban J connectivity index is 3.44. The third-order valence-electron chi connectivity index (χ3n) is 2.23. The van der Waals surface area contributed by atoms with Crippen LogP contribution in [0.2, 0.25) is 5.02 Å². The lowest BCUT2D eigenvalue weighted by Gasteiger charge is -2.15. The minimum atomic E-state index is -4.53. The standard InChI is InChI=1S/C11H9Cl2F3O/c1-6-7(8(12)4-5-17)2-3-9(13)10(6)11(14,15)16/h2-4,17H,5H2,1H3/b8-4+. The molecule has 94 valence electrons. The van der Waals surface area contributed by atoms with Crippen molar-refractivity contribution in [3.8, 4) is 0 Å². The zero-order chi connectivity index (χ0) is 13.2. The lowest BCUT2D eigenvalue weighted by atomic mass is 10.0. The molecule has 0 unspecified atom stereocenters. The van der Waals surface area contributed by atoms with Gasteiger partial charge in [-0.05, 0) is 30.2 Å². The maximum atomic E-state index is 12.7. The van der Waals surface area contributed by atoms with Crippen LogP contribution in [0, 0.1) is 6.92 Å². The van der Waals surface area contributed by atoms with E-state index in [1.54, 1.807) is 0 Å². The third-order valence-corrected chi connectivity index (χ3v) is 2.90. The molecule has 0 fully saturated rings. The van der Waals surface area contributed by atoms with Crippen molar-refractivity contribution in [2.24, 2.45) is 0 Å². The van der Waals surface area contributed by atoms with Gasteiger partial charge in [-0.1, -0.05) is 29.3 Å². The second kappa shape index (κ2) is 5.29. The van der Waals surface area contributed by atoms with Gasteiger partial charge in [0, 0.05) is 5.03 Å². The number of halogens is 5. The zero-order valence-electron chi connectivity index (χ0n) is 8.78. The van der Waals surface area contributed by atoms with Crippen LogP contribution >= 0.6 is 23.2 Å². The van der Waals surface area contributed by atoms with E-state index in [2.05, 4.69) is 0 Å². The summed E-state index contributed by atoms with van der Waals surface area (Å²) in [6, 6.07) is 2.53. The lowest BCUT2D eigenvalue weighted by Crippen LogP contribution is -2.09. The van der Waals surface area contributed by atoms with Gasteiger partial charge in [-0.2, -0.15) is 13.2 Å². The molecule has 0 aromatic heterocycles. The highest BCUT2D eigenvalue weighted by Gasteiger charge is 2.35. The molecule has 0 saturated carbocycles. The summed E-state index contributed by atoms with van der Waals surface area (Å²) in [5, 5.41) is 8.36. The highest BCUT2D eigenvalue weighted by atomic mass is 35.5. The number of rotatable bonds is 2. The van der Waals surface area contributed by atoms with E-state index >= 15 is 0 Å². The molecule has 17 heavy (non-hydrogen) atoms. The molecular weight excluding hydrogens is 276 g/mol. The first-order chi connectivity index (χ1) is 7.79. The van der Waals surface area contributed by atoms with Gasteiger partial charge in [-0.3, -0.25) is 0 Å². The normalized spacial score (nSPS) is 13.0. The predicted molar refractivity (Wildman–Crippen MR) is 62.1 cm³/mol. The quantitative estimate of drug-likeness (QED) is 0.861. The van der Waals surface area contributed by atoms with Crippen molar-refractivity contribution in [2.45, 2.75) is 13.1 Å². The van der Waals surface area contributed by atoms with Crippen LogP contribution in [0.25, 0.3) is 5.03 Å². The Morgan fingerprint density at radius 3 is 2.47 bits per heavy atom. The number of aliphatic hydroxyl groups is 1. The van der Waals surface area contributed by atoms with Crippen molar-refractivity contribution in [3.63, 3.8) is 0 Å². The van der Waals surface area contributed by atoms with Crippen LogP contribution in [-0.4, -0.2) is 11.7 Å². The van der Waals surface area contributed by atoms with Gasteiger partial charge in [0.05, 0.1) is 17.2 Å². The average Bonchev–Trinajstić information content (AvgIpc) is 2.15. The summed E-state index contributed by atoms with van der Waals surface area (Å²) in [5.74, 6) is 0. The maximum absolute atomic E-state index is 12.7. The maximum Gasteiger partial charge on any atom is 0.418 e. The topological polar surface area (TPSA) is 20.2 Å². The Hall–Kier alpha value is -0.710. The number of aliphatic hydroxyl groups excluding tert-OH is 1. The first-order valence-electron chi connectivity index (χ1n) is 4.62. The van der Waals surface area contributed by atoms with Crippen LogP contribution in [0.5, 0.6) is 0 Å². The second-order valence-electron chi connectivity index (χ2n) is 3.33. The molecular formula is C11H9Cl2F3O. The van der Waals surface area contributed by atoms with Gasteiger partial charge < -0.3 is 5.11 Å². The highest BCUT2D eigenvalue weighted by Crippen LogP contribution is 2.40. The van der Waals surface area contributed by atoms with Crippen molar-refractivity contribution in [1.82, 2.24) is 0 Å². The number of benzene rings is 1. The van der Waals surface area contributed by atoms with E-state index in [1.165, 1.54) is 19.1 Å². The predicted octanol–water partition coefficient (Wildman–Crippen LogP) is 4.24. The molecule has 0 spiro atoms. The molecule has 0 bridgehead atoms. The van der Waals surface area contributed by atoms with Crippen LogP contribution in [0.1, 0.15) is 16.7 Å².